The molecule has 0 radical (unpaired) electrons. The van der Waals surface area contributed by atoms with Gasteiger partial charge in [-0.25, -0.2) is 0 Å². The fraction of sp³-hybridized carbons (Fsp3) is 0.105. The molecule has 2 aromatic rings. The van der Waals surface area contributed by atoms with Gasteiger partial charge in [-0.3, -0.25) is 14.5 Å². The Hall–Kier alpha value is -2.76. The number of phenols is 1. The predicted octanol–water partition coefficient (Wildman–Crippen LogP) is 4.27. The lowest BCUT2D eigenvalue weighted by Crippen LogP contribution is -2.27. The standard InChI is InChI=1S/C19H13BrN2O4S/c1-26-16-6-13(14(20)8-15(16)23)7-17-18(24)22(19(25)27-17)10-12-5-3-2-4-11(12)9-21/h2-8,23H,10H2,1H3/b17-7-. The van der Waals surface area contributed by atoms with Gasteiger partial charge >= 0.3 is 0 Å². The Morgan fingerprint density at radius 2 is 2.07 bits per heavy atom. The summed E-state index contributed by atoms with van der Waals surface area (Å²) in [6.07, 6.45) is 1.56. The van der Waals surface area contributed by atoms with Crippen molar-refractivity contribution in [1.29, 1.82) is 5.26 Å². The van der Waals surface area contributed by atoms with Crippen molar-refractivity contribution in [2.24, 2.45) is 0 Å². The minimum atomic E-state index is -0.434. The number of rotatable bonds is 4. The molecule has 0 aliphatic carbocycles. The van der Waals surface area contributed by atoms with E-state index >= 15 is 0 Å². The summed E-state index contributed by atoms with van der Waals surface area (Å²) in [6, 6.07) is 11.9. The largest absolute Gasteiger partial charge is 0.504 e. The van der Waals surface area contributed by atoms with Crippen LogP contribution in [0.5, 0.6) is 11.5 Å². The summed E-state index contributed by atoms with van der Waals surface area (Å²) >= 11 is 4.15. The number of hydrogen-bond donors (Lipinski definition) is 1. The Morgan fingerprint density at radius 1 is 1.33 bits per heavy atom. The van der Waals surface area contributed by atoms with E-state index in [-0.39, 0.29) is 22.9 Å². The zero-order valence-corrected chi connectivity index (χ0v) is 16.5. The van der Waals surface area contributed by atoms with Gasteiger partial charge in [0.2, 0.25) is 0 Å². The summed E-state index contributed by atoms with van der Waals surface area (Å²) in [6.45, 7) is 0.0335. The molecular weight excluding hydrogens is 432 g/mol. The maximum Gasteiger partial charge on any atom is 0.293 e. The zero-order valence-electron chi connectivity index (χ0n) is 14.1. The molecule has 3 rings (SSSR count). The lowest BCUT2D eigenvalue weighted by atomic mass is 10.1. The molecule has 1 aliphatic rings. The van der Waals surface area contributed by atoms with E-state index in [0.717, 1.165) is 16.7 Å². The number of nitriles is 1. The van der Waals surface area contributed by atoms with Crippen molar-refractivity contribution in [2.75, 3.05) is 7.11 Å². The smallest absolute Gasteiger partial charge is 0.293 e. The highest BCUT2D eigenvalue weighted by Crippen LogP contribution is 2.38. The van der Waals surface area contributed by atoms with Crippen LogP contribution in [0.15, 0.2) is 45.8 Å². The molecule has 1 fully saturated rings. The number of hydrogen-bond acceptors (Lipinski definition) is 6. The molecule has 1 heterocycles. The fourth-order valence-corrected chi connectivity index (χ4v) is 3.82. The van der Waals surface area contributed by atoms with Gasteiger partial charge in [-0.1, -0.05) is 34.1 Å². The van der Waals surface area contributed by atoms with E-state index in [4.69, 9.17) is 4.74 Å². The van der Waals surface area contributed by atoms with Gasteiger partial charge in [0, 0.05) is 4.47 Å². The number of methoxy groups -OCH3 is 1. The van der Waals surface area contributed by atoms with Crippen LogP contribution in [0, 0.1) is 11.3 Å². The van der Waals surface area contributed by atoms with Crippen molar-refractivity contribution >= 4 is 44.9 Å². The monoisotopic (exact) mass is 444 g/mol. The first kappa shape index (κ1) is 19.0. The molecule has 0 bridgehead atoms. The molecule has 0 atom stereocenters. The maximum atomic E-state index is 12.7. The highest BCUT2D eigenvalue weighted by Gasteiger charge is 2.35. The third-order valence-electron chi connectivity index (χ3n) is 3.92. The van der Waals surface area contributed by atoms with Crippen LogP contribution in [0.1, 0.15) is 16.7 Å². The van der Waals surface area contributed by atoms with Crippen molar-refractivity contribution in [1.82, 2.24) is 4.90 Å². The Morgan fingerprint density at radius 3 is 2.78 bits per heavy atom. The van der Waals surface area contributed by atoms with Gasteiger partial charge in [-0.2, -0.15) is 5.26 Å². The highest BCUT2D eigenvalue weighted by atomic mass is 79.9. The number of nitrogens with zero attached hydrogens (tertiary/aromatic N) is 2. The van der Waals surface area contributed by atoms with E-state index < -0.39 is 11.1 Å². The third kappa shape index (κ3) is 3.84. The highest BCUT2D eigenvalue weighted by molar-refractivity contribution is 9.10. The summed E-state index contributed by atoms with van der Waals surface area (Å²) in [4.78, 5) is 26.4. The van der Waals surface area contributed by atoms with Crippen molar-refractivity contribution in [2.45, 2.75) is 6.54 Å². The van der Waals surface area contributed by atoms with E-state index in [1.807, 2.05) is 0 Å². The molecule has 1 aliphatic heterocycles. The first-order valence-corrected chi connectivity index (χ1v) is 9.35. The second kappa shape index (κ2) is 7.86. The molecule has 136 valence electrons. The van der Waals surface area contributed by atoms with Crippen molar-refractivity contribution < 1.29 is 19.4 Å². The van der Waals surface area contributed by atoms with Gasteiger partial charge in [-0.05, 0) is 47.2 Å². The molecule has 0 aromatic heterocycles. The van der Waals surface area contributed by atoms with Crippen LogP contribution in [-0.2, 0) is 11.3 Å². The molecule has 0 unspecified atom stereocenters. The van der Waals surface area contributed by atoms with E-state index in [9.17, 15) is 20.0 Å². The number of phenolic OH excluding ortho intramolecular Hbond substituents is 1. The van der Waals surface area contributed by atoms with Crippen LogP contribution in [0.4, 0.5) is 4.79 Å². The SMILES string of the molecule is COc1cc(/C=C2\SC(=O)N(Cc3ccccc3C#N)C2=O)c(Br)cc1O. The molecule has 8 heteroatoms. The predicted molar refractivity (Wildman–Crippen MR) is 105 cm³/mol. The number of carbonyl (C=O) groups excluding carboxylic acids is 2. The number of imide groups is 1. The van der Waals surface area contributed by atoms with Crippen molar-refractivity contribution in [3.63, 3.8) is 0 Å². The minimum absolute atomic E-state index is 0.0335. The molecule has 0 saturated carbocycles. The van der Waals surface area contributed by atoms with Crippen molar-refractivity contribution in [3.05, 3.63) is 62.5 Å². The van der Waals surface area contributed by atoms with Gasteiger partial charge in [0.25, 0.3) is 11.1 Å². The third-order valence-corrected chi connectivity index (χ3v) is 5.52. The second-order valence-electron chi connectivity index (χ2n) is 5.58. The Bertz CT molecular complexity index is 1010. The first-order chi connectivity index (χ1) is 12.9. The zero-order chi connectivity index (χ0) is 19.6. The number of thioether (sulfide) groups is 1. The average Bonchev–Trinajstić information content (AvgIpc) is 2.91. The van der Waals surface area contributed by atoms with Gasteiger partial charge in [0.05, 0.1) is 30.2 Å². The molecule has 1 N–H and O–H groups in total. The first-order valence-electron chi connectivity index (χ1n) is 7.74. The molecule has 27 heavy (non-hydrogen) atoms. The van der Waals surface area contributed by atoms with Gasteiger partial charge in [-0.15, -0.1) is 0 Å². The summed E-state index contributed by atoms with van der Waals surface area (Å²) in [7, 11) is 1.42. The van der Waals surface area contributed by atoms with Crippen LogP contribution in [0.25, 0.3) is 6.08 Å². The summed E-state index contributed by atoms with van der Waals surface area (Å²) in [5.74, 6) is -0.217. The number of amides is 2. The maximum absolute atomic E-state index is 12.7. The quantitative estimate of drug-likeness (QED) is 0.707. The molecule has 2 amide bonds. The second-order valence-corrected chi connectivity index (χ2v) is 7.43. The fourth-order valence-electron chi connectivity index (χ4n) is 2.55. The van der Waals surface area contributed by atoms with E-state index in [1.165, 1.54) is 13.2 Å². The van der Waals surface area contributed by atoms with E-state index in [1.54, 1.807) is 36.4 Å². The summed E-state index contributed by atoms with van der Waals surface area (Å²) in [5, 5.41) is 18.6. The van der Waals surface area contributed by atoms with E-state index in [0.29, 0.717) is 21.2 Å². The number of aromatic hydroxyl groups is 1. The van der Waals surface area contributed by atoms with Gasteiger partial charge in [0.1, 0.15) is 0 Å². The lowest BCUT2D eigenvalue weighted by molar-refractivity contribution is -0.123. The van der Waals surface area contributed by atoms with Crippen LogP contribution < -0.4 is 4.74 Å². The van der Waals surface area contributed by atoms with Crippen LogP contribution in [-0.4, -0.2) is 28.3 Å². The van der Waals surface area contributed by atoms with Crippen LogP contribution in [0.2, 0.25) is 0 Å². The topological polar surface area (TPSA) is 90.6 Å². The van der Waals surface area contributed by atoms with Crippen LogP contribution in [0.3, 0.4) is 0 Å². The Kier molecular flexibility index (Phi) is 5.54. The minimum Gasteiger partial charge on any atom is -0.504 e. The summed E-state index contributed by atoms with van der Waals surface area (Å²) in [5.41, 5.74) is 1.62. The average molecular weight is 445 g/mol. The molecule has 1 saturated heterocycles. The van der Waals surface area contributed by atoms with Gasteiger partial charge < -0.3 is 9.84 Å². The molecule has 0 spiro atoms. The number of carbonyl (C=O) groups is 2. The molecular formula is C19H13BrN2O4S. The van der Waals surface area contributed by atoms with Crippen molar-refractivity contribution in [3.8, 4) is 17.6 Å². The lowest BCUT2D eigenvalue weighted by Gasteiger charge is -2.13. The number of ether oxygens (including phenoxy) is 1. The van der Waals surface area contributed by atoms with E-state index in [2.05, 4.69) is 22.0 Å². The molecule has 6 nitrogen and oxygen atoms in total. The van der Waals surface area contributed by atoms with Gasteiger partial charge in [0.15, 0.2) is 11.5 Å². The Labute approximate surface area is 168 Å². The van der Waals surface area contributed by atoms with Crippen LogP contribution >= 0.6 is 27.7 Å². The normalized spacial score (nSPS) is 15.3. The Balaban J connectivity index is 1.90. The number of halogens is 1. The number of benzene rings is 2. The molecule has 2 aromatic carbocycles. The summed E-state index contributed by atoms with van der Waals surface area (Å²) < 4.78 is 5.64.